The number of aliphatic carboxylic acids is 1. The van der Waals surface area contributed by atoms with E-state index in [0.717, 1.165) is 11.0 Å². The standard InChI is InChI=1S/C44H30ClN3O15S2/c1-18(49)59-22-3-6-28-33(11-22)61-34-12-23(60-19(2)50)4-7-29(34)44(28)27-8-5-24(13-25(27)43(58)63-44)64-16-21-17-65-40-36(39(54)48(40)37(21)41(55)56)47-35(52)15-46-38(53)26-9-20-10-30(45)31(51)14-32(20)62-42(26)57/h3-14,36,40,51H,15-17H2,1-2H3,(H,46,53)(H,47,52)(H,55,56). The first-order valence-electron chi connectivity index (χ1n) is 19.3. The summed E-state index contributed by atoms with van der Waals surface area (Å²) in [6, 6.07) is 16.9. The van der Waals surface area contributed by atoms with Crippen LogP contribution in [0, 0.1) is 0 Å². The van der Waals surface area contributed by atoms with Crippen molar-refractivity contribution in [2.75, 3.05) is 18.1 Å². The van der Waals surface area contributed by atoms with Crippen molar-refractivity contribution in [1.29, 1.82) is 0 Å². The van der Waals surface area contributed by atoms with Gasteiger partial charge in [0.2, 0.25) is 5.91 Å². The van der Waals surface area contributed by atoms with E-state index in [-0.39, 0.29) is 67.5 Å². The zero-order valence-electron chi connectivity index (χ0n) is 33.5. The second-order valence-electron chi connectivity index (χ2n) is 14.9. The normalized spacial score (nSPS) is 17.4. The maximum atomic E-state index is 13.8. The first kappa shape index (κ1) is 43.0. The van der Waals surface area contributed by atoms with Crippen LogP contribution in [-0.4, -0.2) is 86.2 Å². The van der Waals surface area contributed by atoms with Crippen molar-refractivity contribution in [2.24, 2.45) is 0 Å². The SMILES string of the molecule is CC(=O)Oc1ccc2c(c1)Oc1cc(OC(C)=O)ccc1C21OC(=O)c2cc(SCC3=C(C(=O)O)N4C(=O)C(NC(=O)CNC(=O)c5cc6cc(Cl)c(O)cc6oc5=O)C4SC3)ccc21. The van der Waals surface area contributed by atoms with Crippen molar-refractivity contribution in [3.8, 4) is 28.7 Å². The van der Waals surface area contributed by atoms with E-state index in [1.165, 1.54) is 61.6 Å². The highest BCUT2D eigenvalue weighted by Gasteiger charge is 2.55. The number of halogens is 1. The molecule has 65 heavy (non-hydrogen) atoms. The van der Waals surface area contributed by atoms with Crippen molar-refractivity contribution in [3.05, 3.63) is 127 Å². The number of β-lactam (4-membered cyclic amide) rings is 1. The molecule has 1 saturated heterocycles. The Bertz CT molecular complexity index is 3030. The minimum atomic E-state index is -1.53. The molecular formula is C44H30ClN3O15S2. The number of hydrogen-bond acceptors (Lipinski definition) is 16. The fourth-order valence-corrected chi connectivity index (χ4v) is 10.5. The predicted octanol–water partition coefficient (Wildman–Crippen LogP) is 4.83. The van der Waals surface area contributed by atoms with Crippen LogP contribution in [0.4, 0.5) is 0 Å². The average molecular weight is 940 g/mol. The lowest BCUT2D eigenvalue weighted by Crippen LogP contribution is -2.71. The molecule has 1 fully saturated rings. The molecule has 0 radical (unpaired) electrons. The Kier molecular flexibility index (Phi) is 10.8. The number of nitrogens with zero attached hydrogens (tertiary/aromatic N) is 1. The Hall–Kier alpha value is -7.29. The number of phenolic OH excluding ortho intramolecular Hbond substituents is 1. The molecule has 1 aromatic heterocycles. The number of carbonyl (C=O) groups is 7. The van der Waals surface area contributed by atoms with E-state index >= 15 is 0 Å². The van der Waals surface area contributed by atoms with Crippen LogP contribution in [0.1, 0.15) is 51.3 Å². The maximum absolute atomic E-state index is 13.8. The number of amides is 3. The summed E-state index contributed by atoms with van der Waals surface area (Å²) in [5.41, 5.74) is -1.29. The highest BCUT2D eigenvalue weighted by Crippen LogP contribution is 2.57. The number of aromatic hydroxyl groups is 1. The van der Waals surface area contributed by atoms with Gasteiger partial charge >= 0.3 is 29.5 Å². The van der Waals surface area contributed by atoms with Gasteiger partial charge in [0.1, 0.15) is 57.0 Å². The summed E-state index contributed by atoms with van der Waals surface area (Å²) < 4.78 is 28.1. The molecule has 3 amide bonds. The minimum Gasteiger partial charge on any atom is -0.506 e. The molecule has 1 spiro atoms. The van der Waals surface area contributed by atoms with Gasteiger partial charge in [0, 0.05) is 70.5 Å². The molecule has 4 aromatic carbocycles. The molecule has 2 atom stereocenters. The van der Waals surface area contributed by atoms with E-state index in [1.54, 1.807) is 42.5 Å². The molecule has 4 N–H and O–H groups in total. The Labute approximate surface area is 378 Å². The second kappa shape index (κ2) is 16.4. The van der Waals surface area contributed by atoms with Gasteiger partial charge in [0.05, 0.1) is 17.1 Å². The molecule has 18 nitrogen and oxygen atoms in total. The Morgan fingerprint density at radius 2 is 1.57 bits per heavy atom. The van der Waals surface area contributed by atoms with Gasteiger partial charge in [-0.25, -0.2) is 14.4 Å². The molecule has 5 heterocycles. The third-order valence-electron chi connectivity index (χ3n) is 10.7. The van der Waals surface area contributed by atoms with Crippen LogP contribution >= 0.6 is 35.1 Å². The average Bonchev–Trinajstić information content (AvgIpc) is 3.54. The molecule has 4 aliphatic heterocycles. The molecule has 330 valence electrons. The number of carbonyl (C=O) groups excluding carboxylic acids is 6. The predicted molar refractivity (Wildman–Crippen MR) is 229 cm³/mol. The topological polar surface area (TPSA) is 254 Å². The minimum absolute atomic E-state index is 0.0163. The van der Waals surface area contributed by atoms with Crippen molar-refractivity contribution >= 4 is 87.7 Å². The van der Waals surface area contributed by atoms with Gasteiger partial charge in [0.15, 0.2) is 5.60 Å². The number of ether oxygens (including phenoxy) is 4. The zero-order valence-corrected chi connectivity index (χ0v) is 35.9. The number of thioether (sulfide) groups is 2. The van der Waals surface area contributed by atoms with Crippen LogP contribution in [0.15, 0.2) is 98.2 Å². The number of nitrogens with one attached hydrogen (secondary N) is 2. The number of fused-ring (bicyclic) bond motifs is 8. The Morgan fingerprint density at radius 3 is 2.22 bits per heavy atom. The molecule has 0 saturated carbocycles. The van der Waals surface area contributed by atoms with Crippen molar-refractivity contribution in [1.82, 2.24) is 15.5 Å². The molecule has 21 heteroatoms. The van der Waals surface area contributed by atoms with E-state index in [1.807, 2.05) is 0 Å². The number of hydrogen-bond donors (Lipinski definition) is 4. The van der Waals surface area contributed by atoms with Gasteiger partial charge in [-0.3, -0.25) is 28.9 Å². The first-order valence-corrected chi connectivity index (χ1v) is 21.7. The number of carboxylic acid groups (broad SMARTS) is 1. The largest absolute Gasteiger partial charge is 0.506 e. The number of benzene rings is 4. The number of rotatable bonds is 10. The summed E-state index contributed by atoms with van der Waals surface area (Å²) in [5, 5.41) is 24.3. The fraction of sp³-hybridized carbons (Fsp3) is 0.182. The lowest BCUT2D eigenvalue weighted by Gasteiger charge is -2.49. The molecule has 0 bridgehead atoms. The van der Waals surface area contributed by atoms with Crippen LogP contribution in [0.5, 0.6) is 28.7 Å². The highest BCUT2D eigenvalue weighted by atomic mass is 35.5. The third kappa shape index (κ3) is 7.57. The lowest BCUT2D eigenvalue weighted by molar-refractivity contribution is -0.150. The van der Waals surface area contributed by atoms with Crippen LogP contribution in [0.3, 0.4) is 0 Å². The van der Waals surface area contributed by atoms with Gasteiger partial charge in [-0.2, -0.15) is 0 Å². The maximum Gasteiger partial charge on any atom is 0.352 e. The number of phenols is 1. The summed E-state index contributed by atoms with van der Waals surface area (Å²) in [5.74, 6) is -4.80. The molecule has 2 unspecified atom stereocenters. The first-order chi connectivity index (χ1) is 31.0. The van der Waals surface area contributed by atoms with Crippen molar-refractivity contribution in [2.45, 2.75) is 35.8 Å². The fourth-order valence-electron chi connectivity index (χ4n) is 7.95. The van der Waals surface area contributed by atoms with Gasteiger partial charge in [-0.05, 0) is 54.1 Å². The molecular weight excluding hydrogens is 910 g/mol. The second-order valence-corrected chi connectivity index (χ2v) is 17.4. The summed E-state index contributed by atoms with van der Waals surface area (Å²) in [6.07, 6.45) is 0. The summed E-state index contributed by atoms with van der Waals surface area (Å²) in [4.78, 5) is 103. The van der Waals surface area contributed by atoms with Gasteiger partial charge in [-0.15, -0.1) is 23.5 Å². The van der Waals surface area contributed by atoms with Gasteiger partial charge in [0.25, 0.3) is 11.8 Å². The van der Waals surface area contributed by atoms with E-state index in [0.29, 0.717) is 27.2 Å². The highest BCUT2D eigenvalue weighted by molar-refractivity contribution is 8.01. The molecule has 4 aliphatic rings. The van der Waals surface area contributed by atoms with Crippen LogP contribution in [0.25, 0.3) is 11.0 Å². The third-order valence-corrected chi connectivity index (χ3v) is 13.4. The summed E-state index contributed by atoms with van der Waals surface area (Å²) in [6.45, 7) is 1.86. The van der Waals surface area contributed by atoms with Crippen LogP contribution < -0.4 is 30.5 Å². The summed E-state index contributed by atoms with van der Waals surface area (Å²) in [7, 11) is 0. The molecule has 0 aliphatic carbocycles. The van der Waals surface area contributed by atoms with Crippen LogP contribution in [-0.2, 0) is 34.3 Å². The van der Waals surface area contributed by atoms with E-state index in [4.69, 9.17) is 35.0 Å². The number of carboxylic acids is 1. The van der Waals surface area contributed by atoms with Crippen molar-refractivity contribution in [3.63, 3.8) is 0 Å². The Morgan fingerprint density at radius 1 is 0.908 bits per heavy atom. The quantitative estimate of drug-likeness (QED) is 0.0481. The van der Waals surface area contributed by atoms with Crippen molar-refractivity contribution < 1.29 is 67.1 Å². The van der Waals surface area contributed by atoms with E-state index in [2.05, 4.69) is 10.6 Å². The molecule has 5 aromatic rings. The van der Waals surface area contributed by atoms with Gasteiger partial charge in [-0.1, -0.05) is 17.7 Å². The number of esters is 3. The van der Waals surface area contributed by atoms with Crippen LogP contribution in [0.2, 0.25) is 5.02 Å². The zero-order chi connectivity index (χ0) is 46.1. The monoisotopic (exact) mass is 939 g/mol. The smallest absolute Gasteiger partial charge is 0.352 e. The van der Waals surface area contributed by atoms with E-state index in [9.17, 15) is 48.6 Å². The summed E-state index contributed by atoms with van der Waals surface area (Å²) >= 11 is 8.39. The van der Waals surface area contributed by atoms with Gasteiger partial charge < -0.3 is 44.2 Å². The molecule has 9 rings (SSSR count). The van der Waals surface area contributed by atoms with E-state index < -0.39 is 76.3 Å². The Balaban J connectivity index is 0.903. The lowest BCUT2D eigenvalue weighted by atomic mass is 9.77.